The molecule has 0 radical (unpaired) electrons. The summed E-state index contributed by atoms with van der Waals surface area (Å²) in [5.74, 6) is -1.31. The minimum absolute atomic E-state index is 0.152. The summed E-state index contributed by atoms with van der Waals surface area (Å²) < 4.78 is 1.01. The summed E-state index contributed by atoms with van der Waals surface area (Å²) >= 11 is 1.55. The Labute approximate surface area is 189 Å². The number of rotatable bonds is 5. The van der Waals surface area contributed by atoms with Crippen molar-refractivity contribution in [1.29, 1.82) is 5.26 Å². The number of fused-ring (bicyclic) bond motifs is 1. The Hall–Kier alpha value is -3.70. The monoisotopic (exact) mass is 446 g/mol. The molecule has 1 saturated heterocycles. The van der Waals surface area contributed by atoms with Crippen molar-refractivity contribution < 1.29 is 14.4 Å². The van der Waals surface area contributed by atoms with Crippen LogP contribution in [0.4, 0.5) is 5.69 Å². The Kier molecular flexibility index (Phi) is 6.19. The molecule has 4 rings (SSSR count). The number of nitrogens with zero attached hydrogens (tertiary/aromatic N) is 3. The Morgan fingerprint density at radius 3 is 2.72 bits per heavy atom. The molecule has 2 atom stereocenters. The van der Waals surface area contributed by atoms with Crippen molar-refractivity contribution in [2.75, 3.05) is 25.5 Å². The number of hydrogen-bond acceptors (Lipinski definition) is 5. The molecule has 2 aromatic carbocycles. The third-order valence-corrected chi connectivity index (χ3v) is 6.48. The molecule has 3 amide bonds. The first-order valence-corrected chi connectivity index (χ1v) is 11.1. The minimum Gasteiger partial charge on any atom is -0.332 e. The van der Waals surface area contributed by atoms with Crippen LogP contribution in [0.3, 0.4) is 0 Å². The maximum atomic E-state index is 12.9. The molecule has 1 fully saturated rings. The van der Waals surface area contributed by atoms with Crippen LogP contribution in [0.25, 0.3) is 10.1 Å². The van der Waals surface area contributed by atoms with Gasteiger partial charge in [0.05, 0.1) is 18.5 Å². The molecule has 1 aliphatic rings. The van der Waals surface area contributed by atoms with Crippen LogP contribution in [0.5, 0.6) is 0 Å². The molecule has 32 heavy (non-hydrogen) atoms. The van der Waals surface area contributed by atoms with Crippen LogP contribution >= 0.6 is 11.3 Å². The zero-order chi connectivity index (χ0) is 22.7. The highest BCUT2D eigenvalue weighted by atomic mass is 32.1. The summed E-state index contributed by atoms with van der Waals surface area (Å²) in [5, 5.41) is 15.4. The topological polar surface area (TPSA) is 93.5 Å². The number of hydrogen-bond donors (Lipinski definition) is 1. The Morgan fingerprint density at radius 2 is 1.97 bits per heavy atom. The average molecular weight is 447 g/mol. The molecule has 0 aliphatic carbocycles. The van der Waals surface area contributed by atoms with E-state index in [0.29, 0.717) is 11.3 Å². The lowest BCUT2D eigenvalue weighted by molar-refractivity contribution is -0.131. The van der Waals surface area contributed by atoms with Gasteiger partial charge in [-0.2, -0.15) is 5.26 Å². The van der Waals surface area contributed by atoms with Gasteiger partial charge < -0.3 is 15.1 Å². The van der Waals surface area contributed by atoms with E-state index in [4.69, 9.17) is 0 Å². The fourth-order valence-corrected chi connectivity index (χ4v) is 4.69. The van der Waals surface area contributed by atoms with E-state index in [1.165, 1.54) is 9.80 Å². The average Bonchev–Trinajstić information content (AvgIpc) is 3.45. The van der Waals surface area contributed by atoms with Gasteiger partial charge in [0.15, 0.2) is 0 Å². The molecule has 0 spiro atoms. The van der Waals surface area contributed by atoms with E-state index in [1.54, 1.807) is 36.6 Å². The summed E-state index contributed by atoms with van der Waals surface area (Å²) in [6.45, 7) is -0.00850. The molecule has 8 heteroatoms. The highest BCUT2D eigenvalue weighted by Crippen LogP contribution is 2.25. The van der Waals surface area contributed by atoms with Crippen molar-refractivity contribution in [3.05, 3.63) is 65.5 Å². The smallest absolute Gasteiger partial charge is 0.254 e. The lowest BCUT2D eigenvalue weighted by Crippen LogP contribution is -2.43. The second kappa shape index (κ2) is 9.20. The fraction of sp³-hybridized carbons (Fsp3) is 0.250. The normalized spacial score (nSPS) is 17.7. The summed E-state index contributed by atoms with van der Waals surface area (Å²) in [4.78, 5) is 41.1. The van der Waals surface area contributed by atoms with Crippen LogP contribution < -0.4 is 5.32 Å². The molecular formula is C24H22N4O3S. The highest BCUT2D eigenvalue weighted by Gasteiger charge is 2.39. The molecule has 0 bridgehead atoms. The number of benzene rings is 2. The molecule has 1 aromatic heterocycles. The maximum absolute atomic E-state index is 12.9. The number of para-hydroxylation sites is 1. The number of likely N-dealkylation sites (N-methyl/N-ethyl adjacent to an activating group) is 1. The summed E-state index contributed by atoms with van der Waals surface area (Å²) in [6.07, 6.45) is 0.271. The van der Waals surface area contributed by atoms with E-state index in [-0.39, 0.29) is 37.2 Å². The van der Waals surface area contributed by atoms with Gasteiger partial charge in [-0.15, -0.1) is 11.3 Å². The molecular weight excluding hydrogens is 424 g/mol. The zero-order valence-corrected chi connectivity index (χ0v) is 18.3. The number of likely N-dealkylation sites (tertiary alicyclic amines) is 1. The van der Waals surface area contributed by atoms with Gasteiger partial charge in [-0.25, -0.2) is 0 Å². The molecule has 162 valence electrons. The van der Waals surface area contributed by atoms with Gasteiger partial charge in [0.2, 0.25) is 11.8 Å². The fourth-order valence-electron chi connectivity index (χ4n) is 3.86. The Balaban J connectivity index is 1.39. The van der Waals surface area contributed by atoms with Crippen molar-refractivity contribution in [1.82, 2.24) is 9.80 Å². The third-order valence-electron chi connectivity index (χ3n) is 5.60. The van der Waals surface area contributed by atoms with Gasteiger partial charge in [0, 0.05) is 29.5 Å². The van der Waals surface area contributed by atoms with Crippen molar-refractivity contribution in [2.24, 2.45) is 5.92 Å². The van der Waals surface area contributed by atoms with Crippen LogP contribution in [-0.2, 0) is 9.59 Å². The van der Waals surface area contributed by atoms with E-state index in [0.717, 1.165) is 10.1 Å². The largest absolute Gasteiger partial charge is 0.332 e. The first-order valence-electron chi connectivity index (χ1n) is 10.2. The quantitative estimate of drug-likeness (QED) is 0.650. The number of nitriles is 1. The SMILES string of the molecule is CN(CC(=O)N1CC(C(=O)Nc2ccccc2)CC1C#N)C(=O)c1ccc2ccsc2c1. The number of nitrogens with one attached hydrogen (secondary N) is 1. The van der Waals surface area contributed by atoms with Crippen LogP contribution in [0.2, 0.25) is 0 Å². The van der Waals surface area contributed by atoms with Gasteiger partial charge in [0.1, 0.15) is 6.04 Å². The summed E-state index contributed by atoms with van der Waals surface area (Å²) in [6, 6.07) is 17.9. The van der Waals surface area contributed by atoms with Gasteiger partial charge >= 0.3 is 0 Å². The van der Waals surface area contributed by atoms with E-state index in [1.807, 2.05) is 41.8 Å². The number of amides is 3. The minimum atomic E-state index is -0.694. The highest BCUT2D eigenvalue weighted by molar-refractivity contribution is 7.17. The Morgan fingerprint density at radius 1 is 1.19 bits per heavy atom. The molecule has 2 unspecified atom stereocenters. The lowest BCUT2D eigenvalue weighted by atomic mass is 10.1. The summed E-state index contributed by atoms with van der Waals surface area (Å²) in [7, 11) is 1.57. The molecule has 1 aliphatic heterocycles. The number of thiophene rings is 1. The standard InChI is InChI=1S/C24H22N4O3S/c1-27(24(31)17-8-7-16-9-10-32-21(16)12-17)15-22(29)28-14-18(11-20(28)13-25)23(30)26-19-5-3-2-4-6-19/h2-10,12,18,20H,11,14-15H2,1H3,(H,26,30). The molecule has 2 heterocycles. The first kappa shape index (κ1) is 21.5. The van der Waals surface area contributed by atoms with E-state index >= 15 is 0 Å². The van der Waals surface area contributed by atoms with Crippen LogP contribution in [-0.4, -0.2) is 53.7 Å². The van der Waals surface area contributed by atoms with Crippen molar-refractivity contribution in [3.63, 3.8) is 0 Å². The van der Waals surface area contributed by atoms with E-state index in [9.17, 15) is 19.6 Å². The van der Waals surface area contributed by atoms with Gasteiger partial charge in [0.25, 0.3) is 5.91 Å². The second-order valence-corrected chi connectivity index (χ2v) is 8.76. The Bertz CT molecular complexity index is 1200. The number of carbonyl (C=O) groups excluding carboxylic acids is 3. The second-order valence-electron chi connectivity index (χ2n) is 7.81. The number of anilines is 1. The third kappa shape index (κ3) is 4.48. The summed E-state index contributed by atoms with van der Waals surface area (Å²) in [5.41, 5.74) is 1.18. The van der Waals surface area contributed by atoms with Crippen LogP contribution in [0, 0.1) is 17.2 Å². The first-order chi connectivity index (χ1) is 15.5. The van der Waals surface area contributed by atoms with Gasteiger partial charge in [-0.3, -0.25) is 14.4 Å². The number of carbonyl (C=O) groups is 3. The van der Waals surface area contributed by atoms with Crippen LogP contribution in [0.15, 0.2) is 60.0 Å². The molecule has 1 N–H and O–H groups in total. The zero-order valence-electron chi connectivity index (χ0n) is 17.5. The predicted molar refractivity (Wildman–Crippen MR) is 123 cm³/mol. The lowest BCUT2D eigenvalue weighted by Gasteiger charge is -2.24. The molecule has 0 saturated carbocycles. The van der Waals surface area contributed by atoms with Gasteiger partial charge in [-0.1, -0.05) is 24.3 Å². The van der Waals surface area contributed by atoms with Crippen LogP contribution in [0.1, 0.15) is 16.8 Å². The van der Waals surface area contributed by atoms with Gasteiger partial charge in [-0.05, 0) is 47.5 Å². The van der Waals surface area contributed by atoms with E-state index in [2.05, 4.69) is 11.4 Å². The molecule has 7 nitrogen and oxygen atoms in total. The maximum Gasteiger partial charge on any atom is 0.254 e. The van der Waals surface area contributed by atoms with Crippen molar-refractivity contribution in [2.45, 2.75) is 12.5 Å². The van der Waals surface area contributed by atoms with Crippen molar-refractivity contribution >= 4 is 44.8 Å². The predicted octanol–water partition coefficient (Wildman–Crippen LogP) is 3.35. The van der Waals surface area contributed by atoms with Crippen molar-refractivity contribution in [3.8, 4) is 6.07 Å². The molecule has 3 aromatic rings. The van der Waals surface area contributed by atoms with E-state index < -0.39 is 12.0 Å².